The standard InChI is InChI=1S/C17H22N4O4.C2H6/c1-18-9-13(22)20-12-7-8-25-17-11-6-4-3-5-10(11)14(15(23)19-2)21(17)16(12)24;1-2/h3-6,12,14,17-18H,7-9H2,1-2H3,(H,19,23)(H,20,22);1-2H3. The summed E-state index contributed by atoms with van der Waals surface area (Å²) in [4.78, 5) is 38.9. The first-order valence-electron chi connectivity index (χ1n) is 9.26. The van der Waals surface area contributed by atoms with Crippen molar-refractivity contribution < 1.29 is 19.1 Å². The van der Waals surface area contributed by atoms with Crippen molar-refractivity contribution in [2.75, 3.05) is 27.2 Å². The van der Waals surface area contributed by atoms with Gasteiger partial charge in [0.15, 0.2) is 6.23 Å². The maximum atomic E-state index is 13.1. The molecule has 2 aliphatic rings. The van der Waals surface area contributed by atoms with Crippen LogP contribution in [0.1, 0.15) is 43.7 Å². The van der Waals surface area contributed by atoms with E-state index in [-0.39, 0.29) is 24.3 Å². The van der Waals surface area contributed by atoms with E-state index in [0.717, 1.165) is 11.1 Å². The molecule has 27 heavy (non-hydrogen) atoms. The molecule has 3 atom stereocenters. The van der Waals surface area contributed by atoms with E-state index in [1.165, 1.54) is 11.9 Å². The summed E-state index contributed by atoms with van der Waals surface area (Å²) in [5.41, 5.74) is 1.56. The molecule has 1 aromatic carbocycles. The molecule has 0 aromatic heterocycles. The highest BCUT2D eigenvalue weighted by molar-refractivity contribution is 5.94. The Labute approximate surface area is 159 Å². The minimum absolute atomic E-state index is 0.118. The molecule has 3 N–H and O–H groups in total. The second kappa shape index (κ2) is 9.48. The molecule has 0 bridgehead atoms. The molecule has 8 nitrogen and oxygen atoms in total. The topological polar surface area (TPSA) is 99.8 Å². The molecular formula is C19H28N4O4. The van der Waals surface area contributed by atoms with Crippen LogP contribution in [-0.4, -0.2) is 55.9 Å². The van der Waals surface area contributed by atoms with Crippen LogP contribution in [0.25, 0.3) is 0 Å². The highest BCUT2D eigenvalue weighted by Gasteiger charge is 2.48. The normalized spacial score (nSPS) is 23.3. The van der Waals surface area contributed by atoms with E-state index in [9.17, 15) is 14.4 Å². The summed E-state index contributed by atoms with van der Waals surface area (Å²) >= 11 is 0. The van der Waals surface area contributed by atoms with Gasteiger partial charge in [0.2, 0.25) is 17.7 Å². The summed E-state index contributed by atoms with van der Waals surface area (Å²) in [6.07, 6.45) is -0.249. The first-order chi connectivity index (χ1) is 13.1. The lowest BCUT2D eigenvalue weighted by atomic mass is 10.0. The van der Waals surface area contributed by atoms with Crippen molar-refractivity contribution in [2.45, 2.75) is 38.6 Å². The van der Waals surface area contributed by atoms with Crippen LogP contribution in [0, 0.1) is 0 Å². The predicted molar refractivity (Wildman–Crippen MR) is 101 cm³/mol. The van der Waals surface area contributed by atoms with E-state index in [1.807, 2.05) is 38.1 Å². The summed E-state index contributed by atoms with van der Waals surface area (Å²) in [5, 5.41) is 8.09. The lowest BCUT2D eigenvalue weighted by Crippen LogP contribution is -2.51. The van der Waals surface area contributed by atoms with Crippen LogP contribution in [0.4, 0.5) is 0 Å². The molecule has 3 unspecified atom stereocenters. The van der Waals surface area contributed by atoms with Crippen LogP contribution in [0.5, 0.6) is 0 Å². The molecule has 3 rings (SSSR count). The number of fused-ring (bicyclic) bond motifs is 3. The monoisotopic (exact) mass is 376 g/mol. The molecule has 1 aromatic rings. The van der Waals surface area contributed by atoms with Gasteiger partial charge in [0.1, 0.15) is 12.1 Å². The van der Waals surface area contributed by atoms with Crippen molar-refractivity contribution in [2.24, 2.45) is 0 Å². The van der Waals surface area contributed by atoms with E-state index in [2.05, 4.69) is 16.0 Å². The van der Waals surface area contributed by atoms with Crippen LogP contribution in [0.15, 0.2) is 24.3 Å². The maximum Gasteiger partial charge on any atom is 0.248 e. The average Bonchev–Trinajstić information content (AvgIpc) is 2.93. The van der Waals surface area contributed by atoms with Crippen LogP contribution in [-0.2, 0) is 19.1 Å². The molecule has 0 radical (unpaired) electrons. The van der Waals surface area contributed by atoms with Gasteiger partial charge in [0.25, 0.3) is 0 Å². The Bertz CT molecular complexity index is 694. The fourth-order valence-electron chi connectivity index (χ4n) is 3.38. The fraction of sp³-hybridized carbons (Fsp3) is 0.526. The molecule has 8 heteroatoms. The van der Waals surface area contributed by atoms with Gasteiger partial charge in [-0.25, -0.2) is 0 Å². The number of rotatable bonds is 4. The zero-order valence-electron chi connectivity index (χ0n) is 16.2. The lowest BCUT2D eigenvalue weighted by molar-refractivity contribution is -0.152. The van der Waals surface area contributed by atoms with E-state index in [0.29, 0.717) is 13.0 Å². The molecule has 3 amide bonds. The highest BCUT2D eigenvalue weighted by atomic mass is 16.5. The number of nitrogens with one attached hydrogen (secondary N) is 3. The van der Waals surface area contributed by atoms with Crippen LogP contribution < -0.4 is 16.0 Å². The Balaban J connectivity index is 0.00000126. The first kappa shape index (κ1) is 20.9. The third-order valence-corrected chi connectivity index (χ3v) is 4.49. The van der Waals surface area contributed by atoms with Gasteiger partial charge in [0, 0.05) is 19.0 Å². The van der Waals surface area contributed by atoms with Gasteiger partial charge in [-0.15, -0.1) is 0 Å². The minimum Gasteiger partial charge on any atom is -0.357 e. The quantitative estimate of drug-likeness (QED) is 0.709. The second-order valence-electron chi connectivity index (χ2n) is 6.05. The van der Waals surface area contributed by atoms with Crippen molar-refractivity contribution in [3.63, 3.8) is 0 Å². The number of likely N-dealkylation sites (N-methyl/N-ethyl adjacent to an activating group) is 2. The van der Waals surface area contributed by atoms with Gasteiger partial charge in [-0.3, -0.25) is 19.3 Å². The Morgan fingerprint density at radius 1 is 1.19 bits per heavy atom. The molecule has 0 saturated carbocycles. The van der Waals surface area contributed by atoms with Crippen LogP contribution >= 0.6 is 0 Å². The van der Waals surface area contributed by atoms with Gasteiger partial charge in [-0.05, 0) is 12.6 Å². The predicted octanol–water partition coefficient (Wildman–Crippen LogP) is 0.465. The Hall–Kier alpha value is -2.45. The summed E-state index contributed by atoms with van der Waals surface area (Å²) in [7, 11) is 3.19. The molecule has 1 fully saturated rings. The smallest absolute Gasteiger partial charge is 0.248 e. The lowest BCUT2D eigenvalue weighted by Gasteiger charge is -2.29. The molecule has 0 aliphatic carbocycles. The first-order valence-corrected chi connectivity index (χ1v) is 9.26. The van der Waals surface area contributed by atoms with Crippen molar-refractivity contribution in [1.29, 1.82) is 0 Å². The SMILES string of the molecule is CC.CNCC(=O)NC1CCOC2c3ccccc3C(C(=O)NC)N2C1=O. The van der Waals surface area contributed by atoms with Crippen LogP contribution in [0.2, 0.25) is 0 Å². The third-order valence-electron chi connectivity index (χ3n) is 4.49. The molecule has 0 spiro atoms. The minimum atomic E-state index is -0.763. The molecule has 148 valence electrons. The zero-order valence-corrected chi connectivity index (χ0v) is 16.2. The Kier molecular flexibility index (Phi) is 7.32. The third kappa shape index (κ3) is 4.12. The molecule has 1 saturated heterocycles. The van der Waals surface area contributed by atoms with Gasteiger partial charge < -0.3 is 20.7 Å². The highest BCUT2D eigenvalue weighted by Crippen LogP contribution is 2.44. The number of benzene rings is 1. The van der Waals surface area contributed by atoms with Crippen molar-refractivity contribution in [1.82, 2.24) is 20.9 Å². The number of hydrogen-bond acceptors (Lipinski definition) is 5. The molecule has 2 aliphatic heterocycles. The summed E-state index contributed by atoms with van der Waals surface area (Å²) in [6, 6.07) is 5.90. The number of hydrogen-bond donors (Lipinski definition) is 3. The van der Waals surface area contributed by atoms with Gasteiger partial charge in [0.05, 0.1) is 13.2 Å². The Morgan fingerprint density at radius 2 is 1.85 bits per heavy atom. The van der Waals surface area contributed by atoms with Gasteiger partial charge in [-0.2, -0.15) is 0 Å². The summed E-state index contributed by atoms with van der Waals surface area (Å²) in [6.45, 7) is 4.43. The van der Waals surface area contributed by atoms with Crippen LogP contribution in [0.3, 0.4) is 0 Å². The Morgan fingerprint density at radius 3 is 2.48 bits per heavy atom. The number of amides is 3. The van der Waals surface area contributed by atoms with E-state index >= 15 is 0 Å². The fourth-order valence-corrected chi connectivity index (χ4v) is 3.38. The van der Waals surface area contributed by atoms with E-state index in [4.69, 9.17) is 4.74 Å². The van der Waals surface area contributed by atoms with Crippen molar-refractivity contribution in [3.05, 3.63) is 35.4 Å². The number of carbonyl (C=O) groups is 3. The largest absolute Gasteiger partial charge is 0.357 e. The van der Waals surface area contributed by atoms with Gasteiger partial charge >= 0.3 is 0 Å². The average molecular weight is 376 g/mol. The summed E-state index contributed by atoms with van der Waals surface area (Å²) in [5.74, 6) is -0.863. The van der Waals surface area contributed by atoms with E-state index < -0.39 is 18.3 Å². The maximum absolute atomic E-state index is 13.1. The molecular weight excluding hydrogens is 348 g/mol. The molecule has 2 heterocycles. The summed E-state index contributed by atoms with van der Waals surface area (Å²) < 4.78 is 5.88. The van der Waals surface area contributed by atoms with Crippen molar-refractivity contribution >= 4 is 17.7 Å². The second-order valence-corrected chi connectivity index (χ2v) is 6.05. The number of nitrogens with zero attached hydrogens (tertiary/aromatic N) is 1. The number of ether oxygens (including phenoxy) is 1. The van der Waals surface area contributed by atoms with Gasteiger partial charge in [-0.1, -0.05) is 38.1 Å². The van der Waals surface area contributed by atoms with E-state index in [1.54, 1.807) is 7.05 Å². The zero-order chi connectivity index (χ0) is 20.0. The van der Waals surface area contributed by atoms with Crippen molar-refractivity contribution in [3.8, 4) is 0 Å². The number of carbonyl (C=O) groups excluding carboxylic acids is 3.